The van der Waals surface area contributed by atoms with Crippen LogP contribution in [-0.4, -0.2) is 10.1 Å². The second-order valence-corrected chi connectivity index (χ2v) is 4.08. The molecule has 1 aliphatic rings. The van der Waals surface area contributed by atoms with Crippen molar-refractivity contribution in [2.45, 2.75) is 4.90 Å². The zero-order chi connectivity index (χ0) is 11.0. The van der Waals surface area contributed by atoms with E-state index in [0.717, 1.165) is 21.4 Å². The van der Waals surface area contributed by atoms with E-state index >= 15 is 0 Å². The van der Waals surface area contributed by atoms with Gasteiger partial charge in [-0.15, -0.1) is 9.63 Å². The molecule has 0 aliphatic carbocycles. The molecule has 0 bridgehead atoms. The van der Waals surface area contributed by atoms with Crippen molar-refractivity contribution in [2.75, 3.05) is 0 Å². The molecular formula is C11H7N3OS. The van der Waals surface area contributed by atoms with Crippen LogP contribution in [0.15, 0.2) is 50.9 Å². The zero-order valence-corrected chi connectivity index (χ0v) is 8.98. The van der Waals surface area contributed by atoms with Crippen molar-refractivity contribution in [3.63, 3.8) is 0 Å². The summed E-state index contributed by atoms with van der Waals surface area (Å²) in [5, 5.41) is 14.0. The van der Waals surface area contributed by atoms with Crippen molar-refractivity contribution < 1.29 is 5.11 Å². The van der Waals surface area contributed by atoms with Gasteiger partial charge in [0.05, 0.1) is 5.52 Å². The van der Waals surface area contributed by atoms with Crippen LogP contribution in [0.1, 0.15) is 5.56 Å². The number of hydrogen-bond acceptors (Lipinski definition) is 5. The smallest absolute Gasteiger partial charge is 0.232 e. The summed E-state index contributed by atoms with van der Waals surface area (Å²) < 4.78 is 3.84. The molecule has 78 valence electrons. The van der Waals surface area contributed by atoms with E-state index in [-0.39, 0.29) is 5.88 Å². The van der Waals surface area contributed by atoms with E-state index < -0.39 is 0 Å². The molecule has 16 heavy (non-hydrogen) atoms. The van der Waals surface area contributed by atoms with Gasteiger partial charge in [0.15, 0.2) is 0 Å². The molecule has 0 saturated heterocycles. The highest BCUT2D eigenvalue weighted by Gasteiger charge is 2.10. The number of aromatic nitrogens is 1. The first kappa shape index (κ1) is 9.35. The zero-order valence-electron chi connectivity index (χ0n) is 8.16. The number of hydrogen-bond donors (Lipinski definition) is 1. The monoisotopic (exact) mass is 229 g/mol. The Hall–Kier alpha value is -1.88. The van der Waals surface area contributed by atoms with Crippen LogP contribution < -0.4 is 0 Å². The first-order valence-corrected chi connectivity index (χ1v) is 5.48. The predicted octanol–water partition coefficient (Wildman–Crippen LogP) is 3.56. The van der Waals surface area contributed by atoms with E-state index in [1.165, 1.54) is 11.9 Å². The minimum atomic E-state index is -0.0745. The van der Waals surface area contributed by atoms with E-state index in [1.54, 1.807) is 12.3 Å². The SMILES string of the molecule is OC1=Cc2ccc3ncccc3c2SN=N1. The van der Waals surface area contributed by atoms with Gasteiger partial charge in [0.1, 0.15) is 0 Å². The van der Waals surface area contributed by atoms with Gasteiger partial charge < -0.3 is 5.11 Å². The molecule has 0 fully saturated rings. The van der Waals surface area contributed by atoms with Crippen LogP contribution >= 0.6 is 11.9 Å². The molecule has 1 aromatic carbocycles. The maximum atomic E-state index is 9.38. The molecule has 5 heteroatoms. The highest BCUT2D eigenvalue weighted by molar-refractivity contribution is 7.98. The van der Waals surface area contributed by atoms with Gasteiger partial charge in [0.2, 0.25) is 5.88 Å². The number of benzene rings is 1. The summed E-state index contributed by atoms with van der Waals surface area (Å²) in [4.78, 5) is 5.24. The maximum Gasteiger partial charge on any atom is 0.232 e. The average Bonchev–Trinajstić information content (AvgIpc) is 2.50. The van der Waals surface area contributed by atoms with Gasteiger partial charge in [-0.25, -0.2) is 0 Å². The highest BCUT2D eigenvalue weighted by Crippen LogP contribution is 2.34. The first-order valence-electron chi connectivity index (χ1n) is 4.71. The van der Waals surface area contributed by atoms with E-state index in [0.29, 0.717) is 0 Å². The van der Waals surface area contributed by atoms with Gasteiger partial charge in [0.25, 0.3) is 0 Å². The van der Waals surface area contributed by atoms with Crippen molar-refractivity contribution in [3.05, 3.63) is 41.9 Å². The van der Waals surface area contributed by atoms with E-state index in [4.69, 9.17) is 0 Å². The summed E-state index contributed by atoms with van der Waals surface area (Å²) in [6.07, 6.45) is 3.36. The van der Waals surface area contributed by atoms with Gasteiger partial charge in [-0.05, 0) is 17.7 Å². The fourth-order valence-corrected chi connectivity index (χ4v) is 2.34. The Bertz CT molecular complexity index is 622. The normalized spacial score (nSPS) is 14.4. The Labute approximate surface area is 95.9 Å². The number of pyridine rings is 1. The summed E-state index contributed by atoms with van der Waals surface area (Å²) in [5.74, 6) is -0.0745. The number of aliphatic hydroxyl groups is 1. The van der Waals surface area contributed by atoms with Crippen molar-refractivity contribution >= 4 is 28.9 Å². The summed E-state index contributed by atoms with van der Waals surface area (Å²) in [6.45, 7) is 0. The third kappa shape index (κ3) is 1.45. The molecular weight excluding hydrogens is 222 g/mol. The van der Waals surface area contributed by atoms with Crippen molar-refractivity contribution in [3.8, 4) is 0 Å². The van der Waals surface area contributed by atoms with Crippen LogP contribution in [-0.2, 0) is 0 Å². The van der Waals surface area contributed by atoms with Crippen LogP contribution in [0.5, 0.6) is 0 Å². The van der Waals surface area contributed by atoms with Gasteiger partial charge in [0, 0.05) is 34.5 Å². The minimum absolute atomic E-state index is 0.0745. The summed E-state index contributed by atoms with van der Waals surface area (Å²) in [6, 6.07) is 7.70. The van der Waals surface area contributed by atoms with Crippen molar-refractivity contribution in [1.29, 1.82) is 0 Å². The Morgan fingerprint density at radius 1 is 1.19 bits per heavy atom. The fraction of sp³-hybridized carbons (Fsp3) is 0. The molecule has 0 radical (unpaired) electrons. The van der Waals surface area contributed by atoms with Crippen LogP contribution in [0.3, 0.4) is 0 Å². The number of fused-ring (bicyclic) bond motifs is 3. The van der Waals surface area contributed by atoms with Crippen LogP contribution in [0.4, 0.5) is 0 Å². The lowest BCUT2D eigenvalue weighted by molar-refractivity contribution is 0.407. The number of aliphatic hydroxyl groups excluding tert-OH is 1. The molecule has 0 spiro atoms. The molecule has 0 amide bonds. The Balaban J connectivity index is 2.36. The van der Waals surface area contributed by atoms with Crippen LogP contribution in [0, 0.1) is 0 Å². The number of rotatable bonds is 0. The van der Waals surface area contributed by atoms with Gasteiger partial charge in [-0.2, -0.15) is 0 Å². The molecule has 1 N–H and O–H groups in total. The highest BCUT2D eigenvalue weighted by atomic mass is 32.2. The van der Waals surface area contributed by atoms with E-state index in [9.17, 15) is 5.11 Å². The Morgan fingerprint density at radius 2 is 2.12 bits per heavy atom. The summed E-state index contributed by atoms with van der Waals surface area (Å²) >= 11 is 1.25. The molecule has 1 aliphatic heterocycles. The van der Waals surface area contributed by atoms with Gasteiger partial charge >= 0.3 is 0 Å². The standard InChI is InChI=1S/C11H7N3OS/c15-10-6-7-3-4-9-8(2-1-5-12-9)11(7)16-14-13-10/h1-6,15H. The van der Waals surface area contributed by atoms with Gasteiger partial charge in [-0.1, -0.05) is 12.1 Å². The number of nitrogens with zero attached hydrogens (tertiary/aromatic N) is 3. The molecule has 0 unspecified atom stereocenters. The average molecular weight is 229 g/mol. The first-order chi connectivity index (χ1) is 7.84. The second kappa shape index (κ2) is 3.61. The molecule has 0 saturated carbocycles. The lowest BCUT2D eigenvalue weighted by atomic mass is 10.1. The van der Waals surface area contributed by atoms with Crippen molar-refractivity contribution in [2.24, 2.45) is 9.63 Å². The molecule has 1 aromatic heterocycles. The lowest BCUT2D eigenvalue weighted by Crippen LogP contribution is -1.84. The molecule has 0 atom stereocenters. The lowest BCUT2D eigenvalue weighted by Gasteiger charge is -2.04. The molecule has 4 nitrogen and oxygen atoms in total. The van der Waals surface area contributed by atoms with Gasteiger partial charge in [-0.3, -0.25) is 4.98 Å². The predicted molar refractivity (Wildman–Crippen MR) is 63.1 cm³/mol. The second-order valence-electron chi connectivity index (χ2n) is 3.33. The summed E-state index contributed by atoms with van der Waals surface area (Å²) in [7, 11) is 0. The fourth-order valence-electron chi connectivity index (χ4n) is 1.63. The molecule has 2 aromatic rings. The summed E-state index contributed by atoms with van der Waals surface area (Å²) in [5.41, 5.74) is 1.83. The third-order valence-corrected chi connectivity index (χ3v) is 3.13. The van der Waals surface area contributed by atoms with Crippen molar-refractivity contribution in [1.82, 2.24) is 4.98 Å². The largest absolute Gasteiger partial charge is 0.492 e. The Kier molecular flexibility index (Phi) is 2.11. The third-order valence-electron chi connectivity index (χ3n) is 2.33. The minimum Gasteiger partial charge on any atom is -0.492 e. The van der Waals surface area contributed by atoms with Crippen LogP contribution in [0.25, 0.3) is 17.0 Å². The Morgan fingerprint density at radius 3 is 3.06 bits per heavy atom. The van der Waals surface area contributed by atoms with E-state index in [2.05, 4.69) is 14.6 Å². The molecule has 3 rings (SSSR count). The van der Waals surface area contributed by atoms with Crippen LogP contribution in [0.2, 0.25) is 0 Å². The van der Waals surface area contributed by atoms with E-state index in [1.807, 2.05) is 24.3 Å². The maximum absolute atomic E-state index is 9.38. The topological polar surface area (TPSA) is 57.8 Å². The quantitative estimate of drug-likeness (QED) is 0.702. The molecule has 2 heterocycles.